The van der Waals surface area contributed by atoms with Crippen LogP contribution in [-0.2, 0) is 4.74 Å². The summed E-state index contributed by atoms with van der Waals surface area (Å²) in [6, 6.07) is 0. The second-order valence-electron chi connectivity index (χ2n) is 2.10. The van der Waals surface area contributed by atoms with Crippen molar-refractivity contribution in [2.45, 2.75) is 13.3 Å². The number of nitrogens with one attached hydrogen (secondary N) is 1. The third-order valence-electron chi connectivity index (χ3n) is 1.28. The average molecular weight is 137 g/mol. The number of hydrogen-bond acceptors (Lipinski definition) is 2. The number of ether oxygens (including phenoxy) is 1. The number of allylic oxidation sites excluding steroid dienone is 3. The molecule has 0 spiro atoms. The molecule has 10 heavy (non-hydrogen) atoms. The van der Waals surface area contributed by atoms with Crippen LogP contribution < -0.4 is 0 Å². The first-order valence-electron chi connectivity index (χ1n) is 3.41. The highest BCUT2D eigenvalue weighted by molar-refractivity contribution is 5.94. The molecule has 0 radical (unpaired) electrons. The Balaban J connectivity index is 2.50. The van der Waals surface area contributed by atoms with Crippen LogP contribution in [0.3, 0.4) is 0 Å². The molecular formula is C8H11NO. The molecule has 0 unspecified atom stereocenters. The van der Waals surface area contributed by atoms with E-state index < -0.39 is 0 Å². The Morgan fingerprint density at radius 2 is 2.40 bits per heavy atom. The van der Waals surface area contributed by atoms with Crippen molar-refractivity contribution in [3.05, 3.63) is 24.0 Å². The summed E-state index contributed by atoms with van der Waals surface area (Å²) in [4.78, 5) is 0. The van der Waals surface area contributed by atoms with Gasteiger partial charge in [-0.1, -0.05) is 0 Å². The minimum atomic E-state index is 0.642. The van der Waals surface area contributed by atoms with Crippen LogP contribution in [-0.4, -0.2) is 12.3 Å². The lowest BCUT2D eigenvalue weighted by molar-refractivity contribution is 0.241. The fraction of sp³-hybridized carbons (Fsp3) is 0.375. The zero-order valence-corrected chi connectivity index (χ0v) is 6.05. The fourth-order valence-corrected chi connectivity index (χ4v) is 0.803. The van der Waals surface area contributed by atoms with E-state index in [4.69, 9.17) is 10.1 Å². The summed E-state index contributed by atoms with van der Waals surface area (Å²) in [5, 5.41) is 7.22. The van der Waals surface area contributed by atoms with E-state index in [2.05, 4.69) is 0 Å². The van der Waals surface area contributed by atoms with Crippen molar-refractivity contribution in [1.82, 2.24) is 0 Å². The smallest absolute Gasteiger partial charge is 0.115 e. The molecule has 2 nitrogen and oxygen atoms in total. The van der Waals surface area contributed by atoms with Crippen LogP contribution in [0.1, 0.15) is 13.3 Å². The zero-order chi connectivity index (χ0) is 7.40. The monoisotopic (exact) mass is 137 g/mol. The first-order chi connectivity index (χ1) is 4.83. The fourth-order valence-electron chi connectivity index (χ4n) is 0.803. The summed E-state index contributed by atoms with van der Waals surface area (Å²) in [6.07, 6.45) is 6.22. The van der Waals surface area contributed by atoms with Crippen LogP contribution in [0, 0.1) is 5.41 Å². The summed E-state index contributed by atoms with van der Waals surface area (Å²) in [7, 11) is 0. The second-order valence-corrected chi connectivity index (χ2v) is 2.10. The van der Waals surface area contributed by atoms with E-state index in [9.17, 15) is 0 Å². The molecule has 0 bridgehead atoms. The first-order valence-corrected chi connectivity index (χ1v) is 3.41. The summed E-state index contributed by atoms with van der Waals surface area (Å²) in [5.41, 5.74) is 0.642. The number of rotatable bonds is 2. The molecule has 0 heterocycles. The topological polar surface area (TPSA) is 33.1 Å². The maximum Gasteiger partial charge on any atom is 0.115 e. The molecule has 0 atom stereocenters. The molecule has 54 valence electrons. The third kappa shape index (κ3) is 1.72. The molecule has 2 heteroatoms. The van der Waals surface area contributed by atoms with E-state index >= 15 is 0 Å². The molecule has 1 rings (SSSR count). The predicted octanol–water partition coefficient (Wildman–Crippen LogP) is 1.89. The maximum absolute atomic E-state index is 7.22. The van der Waals surface area contributed by atoms with E-state index in [1.807, 2.05) is 19.1 Å². The van der Waals surface area contributed by atoms with E-state index in [-0.39, 0.29) is 0 Å². The Kier molecular flexibility index (Phi) is 2.26. The molecule has 0 aromatic rings. The van der Waals surface area contributed by atoms with Crippen LogP contribution in [0.4, 0.5) is 0 Å². The van der Waals surface area contributed by atoms with Gasteiger partial charge in [0.2, 0.25) is 0 Å². The van der Waals surface area contributed by atoms with Gasteiger partial charge < -0.3 is 10.1 Å². The number of hydrogen-bond donors (Lipinski definition) is 1. The van der Waals surface area contributed by atoms with Crippen LogP contribution in [0.15, 0.2) is 24.0 Å². The molecule has 1 N–H and O–H groups in total. The van der Waals surface area contributed by atoms with E-state index in [1.165, 1.54) is 0 Å². The van der Waals surface area contributed by atoms with Crippen LogP contribution in [0.25, 0.3) is 0 Å². The Labute approximate surface area is 60.7 Å². The summed E-state index contributed by atoms with van der Waals surface area (Å²) in [6.45, 7) is 2.65. The normalized spacial score (nSPS) is 16.9. The van der Waals surface area contributed by atoms with Gasteiger partial charge >= 0.3 is 0 Å². The molecule has 0 saturated carbocycles. The third-order valence-corrected chi connectivity index (χ3v) is 1.28. The lowest BCUT2D eigenvalue weighted by Gasteiger charge is -2.07. The van der Waals surface area contributed by atoms with Crippen LogP contribution in [0.2, 0.25) is 0 Å². The van der Waals surface area contributed by atoms with E-state index in [1.54, 1.807) is 6.08 Å². The Hall–Kier alpha value is -1.05. The van der Waals surface area contributed by atoms with Crippen molar-refractivity contribution in [3.8, 4) is 0 Å². The van der Waals surface area contributed by atoms with Crippen LogP contribution >= 0.6 is 0 Å². The minimum absolute atomic E-state index is 0.642. The molecular weight excluding hydrogens is 126 g/mol. The van der Waals surface area contributed by atoms with Crippen molar-refractivity contribution >= 4 is 5.71 Å². The van der Waals surface area contributed by atoms with Gasteiger partial charge in [0, 0.05) is 12.1 Å². The standard InChI is InChI=1S/C8H11NO/c1-2-10-8-5-3-7(9)4-6-8/h3,5-6,9H,2,4H2,1H3. The van der Waals surface area contributed by atoms with Crippen molar-refractivity contribution < 1.29 is 4.74 Å². The van der Waals surface area contributed by atoms with Crippen LogP contribution in [0.5, 0.6) is 0 Å². The molecule has 0 aliphatic heterocycles. The summed E-state index contributed by atoms with van der Waals surface area (Å²) in [5.74, 6) is 0.888. The van der Waals surface area contributed by atoms with Gasteiger partial charge in [0.1, 0.15) is 5.76 Å². The first kappa shape index (κ1) is 7.06. The summed E-state index contributed by atoms with van der Waals surface area (Å²) >= 11 is 0. The second kappa shape index (κ2) is 3.20. The predicted molar refractivity (Wildman–Crippen MR) is 41.2 cm³/mol. The van der Waals surface area contributed by atoms with Crippen molar-refractivity contribution in [2.75, 3.05) is 6.61 Å². The lowest BCUT2D eigenvalue weighted by Crippen LogP contribution is -1.98. The van der Waals surface area contributed by atoms with Crippen molar-refractivity contribution in [2.24, 2.45) is 0 Å². The largest absolute Gasteiger partial charge is 0.494 e. The molecule has 0 aromatic heterocycles. The zero-order valence-electron chi connectivity index (χ0n) is 6.05. The SMILES string of the molecule is CCOC1=CCC(=N)C=C1. The Morgan fingerprint density at radius 1 is 1.60 bits per heavy atom. The van der Waals surface area contributed by atoms with Crippen molar-refractivity contribution in [1.29, 1.82) is 5.41 Å². The van der Waals surface area contributed by atoms with Crippen molar-refractivity contribution in [3.63, 3.8) is 0 Å². The maximum atomic E-state index is 7.22. The minimum Gasteiger partial charge on any atom is -0.494 e. The van der Waals surface area contributed by atoms with E-state index in [0.29, 0.717) is 18.7 Å². The Bertz CT molecular complexity index is 191. The van der Waals surface area contributed by atoms with Gasteiger partial charge in [-0.15, -0.1) is 0 Å². The summed E-state index contributed by atoms with van der Waals surface area (Å²) < 4.78 is 5.21. The van der Waals surface area contributed by atoms with Gasteiger partial charge in [0.15, 0.2) is 0 Å². The highest BCUT2D eigenvalue weighted by atomic mass is 16.5. The van der Waals surface area contributed by atoms with Gasteiger partial charge in [0.25, 0.3) is 0 Å². The highest BCUT2D eigenvalue weighted by Gasteiger charge is 1.99. The van der Waals surface area contributed by atoms with Gasteiger partial charge in [-0.25, -0.2) is 0 Å². The van der Waals surface area contributed by atoms with Gasteiger partial charge in [-0.3, -0.25) is 0 Å². The lowest BCUT2D eigenvalue weighted by atomic mass is 10.1. The van der Waals surface area contributed by atoms with Gasteiger partial charge in [-0.05, 0) is 25.2 Å². The Morgan fingerprint density at radius 3 is 2.90 bits per heavy atom. The molecule has 0 amide bonds. The molecule has 1 aliphatic carbocycles. The van der Waals surface area contributed by atoms with E-state index in [0.717, 1.165) is 5.76 Å². The molecule has 0 aromatic carbocycles. The van der Waals surface area contributed by atoms with Gasteiger partial charge in [0.05, 0.1) is 6.61 Å². The average Bonchev–Trinajstić information content (AvgIpc) is 1.95. The molecule has 0 fully saturated rings. The van der Waals surface area contributed by atoms with Gasteiger partial charge in [-0.2, -0.15) is 0 Å². The highest BCUT2D eigenvalue weighted by Crippen LogP contribution is 2.07. The molecule has 1 aliphatic rings. The molecule has 0 saturated heterocycles. The quantitative estimate of drug-likeness (QED) is 0.619.